The Morgan fingerprint density at radius 2 is 2.67 bits per heavy atom. The van der Waals surface area contributed by atoms with E-state index in [0.29, 0.717) is 19.0 Å². The lowest BCUT2D eigenvalue weighted by Gasteiger charge is -1.99. The first-order valence-corrected chi connectivity index (χ1v) is 3.61. The molecule has 2 N–H and O–H groups in total. The normalized spacial score (nSPS) is 9.75. The molecule has 66 valence electrons. The Balaban J connectivity index is 2.27. The molecule has 5 heteroatoms. The van der Waals surface area contributed by atoms with Crippen molar-refractivity contribution in [2.45, 2.75) is 6.42 Å². The molecule has 0 aliphatic heterocycles. The van der Waals surface area contributed by atoms with Gasteiger partial charge in [0.25, 0.3) is 0 Å². The van der Waals surface area contributed by atoms with Gasteiger partial charge in [-0.3, -0.25) is 10.1 Å². The van der Waals surface area contributed by atoms with Crippen LogP contribution in [0.2, 0.25) is 0 Å². The molecular weight excluding hydrogens is 158 g/mol. The SMILES string of the molecule is COCCC(=O)Nc1ncc[nH]1. The van der Waals surface area contributed by atoms with Gasteiger partial charge in [-0.15, -0.1) is 0 Å². The number of hydrogen-bond donors (Lipinski definition) is 2. The van der Waals surface area contributed by atoms with Crippen molar-refractivity contribution in [2.24, 2.45) is 0 Å². The molecule has 0 aromatic carbocycles. The summed E-state index contributed by atoms with van der Waals surface area (Å²) < 4.78 is 4.74. The minimum absolute atomic E-state index is 0.105. The molecule has 0 aliphatic carbocycles. The van der Waals surface area contributed by atoms with Crippen LogP contribution in [-0.2, 0) is 9.53 Å². The van der Waals surface area contributed by atoms with E-state index >= 15 is 0 Å². The minimum atomic E-state index is -0.105. The summed E-state index contributed by atoms with van der Waals surface area (Å²) in [6.07, 6.45) is 3.56. The van der Waals surface area contributed by atoms with Gasteiger partial charge >= 0.3 is 0 Å². The van der Waals surface area contributed by atoms with E-state index in [9.17, 15) is 4.79 Å². The molecule has 1 heterocycles. The van der Waals surface area contributed by atoms with Crippen LogP contribution in [0.3, 0.4) is 0 Å². The Bertz CT molecular complexity index is 233. The highest BCUT2D eigenvalue weighted by Crippen LogP contribution is 1.95. The highest BCUT2D eigenvalue weighted by Gasteiger charge is 2.01. The van der Waals surface area contributed by atoms with Crippen LogP contribution >= 0.6 is 0 Å². The number of nitrogens with zero attached hydrogens (tertiary/aromatic N) is 1. The predicted octanol–water partition coefficient (Wildman–Crippen LogP) is 0.385. The number of nitrogens with one attached hydrogen (secondary N) is 2. The number of carbonyl (C=O) groups excluding carboxylic acids is 1. The van der Waals surface area contributed by atoms with E-state index in [-0.39, 0.29) is 5.91 Å². The van der Waals surface area contributed by atoms with E-state index in [4.69, 9.17) is 4.74 Å². The van der Waals surface area contributed by atoms with Crippen LogP contribution in [0.1, 0.15) is 6.42 Å². The Morgan fingerprint density at radius 1 is 1.83 bits per heavy atom. The molecule has 0 saturated heterocycles. The van der Waals surface area contributed by atoms with Crippen molar-refractivity contribution in [1.29, 1.82) is 0 Å². The summed E-state index contributed by atoms with van der Waals surface area (Å²) in [4.78, 5) is 17.6. The van der Waals surface area contributed by atoms with Crippen LogP contribution in [0.5, 0.6) is 0 Å². The molecule has 0 atom stereocenters. The maximum atomic E-state index is 11.0. The van der Waals surface area contributed by atoms with Gasteiger partial charge in [0.05, 0.1) is 13.0 Å². The zero-order valence-corrected chi connectivity index (χ0v) is 6.83. The molecule has 0 spiro atoms. The van der Waals surface area contributed by atoms with Crippen LogP contribution in [0.4, 0.5) is 5.95 Å². The molecule has 0 fully saturated rings. The summed E-state index contributed by atoms with van der Waals surface area (Å²) in [5.74, 6) is 0.364. The van der Waals surface area contributed by atoms with Crippen molar-refractivity contribution in [2.75, 3.05) is 19.0 Å². The topological polar surface area (TPSA) is 67.0 Å². The van der Waals surface area contributed by atoms with Crippen molar-refractivity contribution in [1.82, 2.24) is 9.97 Å². The van der Waals surface area contributed by atoms with Gasteiger partial charge in [0, 0.05) is 19.5 Å². The quantitative estimate of drug-likeness (QED) is 0.684. The van der Waals surface area contributed by atoms with Gasteiger partial charge < -0.3 is 9.72 Å². The van der Waals surface area contributed by atoms with Crippen LogP contribution in [0.15, 0.2) is 12.4 Å². The lowest BCUT2D eigenvalue weighted by molar-refractivity contribution is -0.117. The monoisotopic (exact) mass is 169 g/mol. The molecule has 5 nitrogen and oxygen atoms in total. The lowest BCUT2D eigenvalue weighted by atomic mass is 10.4. The van der Waals surface area contributed by atoms with Crippen molar-refractivity contribution in [3.63, 3.8) is 0 Å². The van der Waals surface area contributed by atoms with Gasteiger partial charge in [-0.2, -0.15) is 0 Å². The largest absolute Gasteiger partial charge is 0.384 e. The number of rotatable bonds is 4. The molecule has 1 rings (SSSR count). The van der Waals surface area contributed by atoms with Crippen molar-refractivity contribution in [3.05, 3.63) is 12.4 Å². The first kappa shape index (κ1) is 8.73. The second-order valence-electron chi connectivity index (χ2n) is 2.23. The van der Waals surface area contributed by atoms with E-state index in [1.807, 2.05) is 0 Å². The van der Waals surface area contributed by atoms with Crippen molar-refractivity contribution >= 4 is 11.9 Å². The van der Waals surface area contributed by atoms with Crippen molar-refractivity contribution < 1.29 is 9.53 Å². The highest BCUT2D eigenvalue weighted by atomic mass is 16.5. The molecular formula is C7H11N3O2. The molecule has 0 aliphatic rings. The van der Waals surface area contributed by atoms with E-state index in [2.05, 4.69) is 15.3 Å². The number of carbonyl (C=O) groups is 1. The Kier molecular flexibility index (Phi) is 3.28. The van der Waals surface area contributed by atoms with Gasteiger partial charge in [0.2, 0.25) is 11.9 Å². The number of hydrogen-bond acceptors (Lipinski definition) is 3. The van der Waals surface area contributed by atoms with Crippen LogP contribution in [-0.4, -0.2) is 29.6 Å². The third-order valence-electron chi connectivity index (χ3n) is 1.29. The fraction of sp³-hybridized carbons (Fsp3) is 0.429. The number of H-pyrrole nitrogens is 1. The Morgan fingerprint density at radius 3 is 3.25 bits per heavy atom. The van der Waals surface area contributed by atoms with E-state index in [0.717, 1.165) is 0 Å². The number of anilines is 1. The number of methoxy groups -OCH3 is 1. The minimum Gasteiger partial charge on any atom is -0.384 e. The first-order chi connectivity index (χ1) is 5.83. The Labute approximate surface area is 70.1 Å². The predicted molar refractivity (Wildman–Crippen MR) is 43.7 cm³/mol. The van der Waals surface area contributed by atoms with Gasteiger partial charge in [-0.05, 0) is 0 Å². The van der Waals surface area contributed by atoms with Gasteiger partial charge in [-0.1, -0.05) is 0 Å². The number of aromatic nitrogens is 2. The average Bonchev–Trinajstić information content (AvgIpc) is 2.53. The van der Waals surface area contributed by atoms with Gasteiger partial charge in [0.1, 0.15) is 0 Å². The van der Waals surface area contributed by atoms with Crippen molar-refractivity contribution in [3.8, 4) is 0 Å². The maximum Gasteiger partial charge on any atom is 0.228 e. The fourth-order valence-electron chi connectivity index (χ4n) is 0.723. The standard InChI is InChI=1S/C7H11N3O2/c1-12-5-2-6(11)10-7-8-3-4-9-7/h3-4H,2,5H2,1H3,(H2,8,9,10,11). The van der Waals surface area contributed by atoms with E-state index in [1.54, 1.807) is 19.5 Å². The highest BCUT2D eigenvalue weighted by molar-refractivity contribution is 5.88. The maximum absolute atomic E-state index is 11.0. The van der Waals surface area contributed by atoms with Crippen LogP contribution < -0.4 is 5.32 Å². The summed E-state index contributed by atoms with van der Waals surface area (Å²) in [5.41, 5.74) is 0. The summed E-state index contributed by atoms with van der Waals surface area (Å²) in [5, 5.41) is 2.57. The summed E-state index contributed by atoms with van der Waals surface area (Å²) in [7, 11) is 1.56. The fourth-order valence-corrected chi connectivity index (χ4v) is 0.723. The molecule has 1 amide bonds. The molecule has 0 radical (unpaired) electrons. The molecule has 0 saturated carbocycles. The average molecular weight is 169 g/mol. The molecule has 12 heavy (non-hydrogen) atoms. The van der Waals surface area contributed by atoms with Crippen LogP contribution in [0.25, 0.3) is 0 Å². The number of ether oxygens (including phenoxy) is 1. The second-order valence-corrected chi connectivity index (χ2v) is 2.23. The third kappa shape index (κ3) is 2.71. The Hall–Kier alpha value is -1.36. The zero-order chi connectivity index (χ0) is 8.81. The summed E-state index contributed by atoms with van der Waals surface area (Å²) in [6.45, 7) is 0.423. The molecule has 0 bridgehead atoms. The molecule has 1 aromatic rings. The second kappa shape index (κ2) is 4.50. The third-order valence-corrected chi connectivity index (χ3v) is 1.29. The smallest absolute Gasteiger partial charge is 0.228 e. The first-order valence-electron chi connectivity index (χ1n) is 3.61. The van der Waals surface area contributed by atoms with Crippen LogP contribution in [0, 0.1) is 0 Å². The number of aromatic amines is 1. The number of imidazole rings is 1. The van der Waals surface area contributed by atoms with Gasteiger partial charge in [0.15, 0.2) is 0 Å². The zero-order valence-electron chi connectivity index (χ0n) is 6.83. The molecule has 1 aromatic heterocycles. The summed E-state index contributed by atoms with van der Waals surface area (Å²) in [6, 6.07) is 0. The van der Waals surface area contributed by atoms with Gasteiger partial charge in [-0.25, -0.2) is 4.98 Å². The molecule has 0 unspecified atom stereocenters. The lowest BCUT2D eigenvalue weighted by Crippen LogP contribution is -2.14. The van der Waals surface area contributed by atoms with E-state index in [1.165, 1.54) is 0 Å². The van der Waals surface area contributed by atoms with E-state index < -0.39 is 0 Å². The number of amides is 1. The summed E-state index contributed by atoms with van der Waals surface area (Å²) >= 11 is 0.